The Kier molecular flexibility index (Phi) is 5.32. The van der Waals surface area contributed by atoms with Crippen LogP contribution in [0.3, 0.4) is 0 Å². The third-order valence-electron chi connectivity index (χ3n) is 2.54. The van der Waals surface area contributed by atoms with E-state index in [0.29, 0.717) is 6.07 Å². The van der Waals surface area contributed by atoms with Crippen LogP contribution in [-0.2, 0) is 0 Å². The van der Waals surface area contributed by atoms with Gasteiger partial charge in [-0.2, -0.15) is 39.5 Å². The standard InChI is InChI=1S/C12H9F9O2/c1-2-22-6-3-4-7(9(14)8(6)13)23-5-10(15,16)11(17,18)12(19,20)21/h3-4H,2,5H2,1H3. The lowest BCUT2D eigenvalue weighted by Crippen LogP contribution is -2.54. The largest absolute Gasteiger partial charge is 0.491 e. The van der Waals surface area contributed by atoms with E-state index < -0.39 is 47.8 Å². The molecule has 0 aliphatic heterocycles. The van der Waals surface area contributed by atoms with Gasteiger partial charge < -0.3 is 9.47 Å². The average molecular weight is 356 g/mol. The summed E-state index contributed by atoms with van der Waals surface area (Å²) < 4.78 is 122. The lowest BCUT2D eigenvalue weighted by molar-refractivity contribution is -0.358. The summed E-state index contributed by atoms with van der Waals surface area (Å²) in [5.74, 6) is -17.5. The normalized spacial score (nSPS) is 13.1. The predicted molar refractivity (Wildman–Crippen MR) is 59.0 cm³/mol. The molecule has 0 aliphatic carbocycles. The van der Waals surface area contributed by atoms with E-state index in [2.05, 4.69) is 9.47 Å². The molecule has 0 atom stereocenters. The van der Waals surface area contributed by atoms with Crippen LogP contribution in [0.25, 0.3) is 0 Å². The zero-order chi connectivity index (χ0) is 18.1. The van der Waals surface area contributed by atoms with Crippen molar-refractivity contribution in [3.8, 4) is 11.5 Å². The van der Waals surface area contributed by atoms with Crippen molar-refractivity contribution in [3.05, 3.63) is 23.8 Å². The number of hydrogen-bond donors (Lipinski definition) is 0. The fourth-order valence-corrected chi connectivity index (χ4v) is 1.36. The minimum Gasteiger partial charge on any atom is -0.491 e. The molecule has 0 unspecified atom stereocenters. The van der Waals surface area contributed by atoms with E-state index >= 15 is 0 Å². The van der Waals surface area contributed by atoms with Crippen molar-refractivity contribution in [1.82, 2.24) is 0 Å². The van der Waals surface area contributed by atoms with Gasteiger partial charge in [-0.3, -0.25) is 0 Å². The molecule has 1 rings (SSSR count). The van der Waals surface area contributed by atoms with E-state index in [1.165, 1.54) is 6.92 Å². The van der Waals surface area contributed by atoms with Crippen molar-refractivity contribution in [1.29, 1.82) is 0 Å². The summed E-state index contributed by atoms with van der Waals surface area (Å²) in [6.45, 7) is -1.14. The second-order valence-electron chi connectivity index (χ2n) is 4.19. The van der Waals surface area contributed by atoms with Crippen LogP contribution in [0, 0.1) is 11.6 Å². The molecule has 2 nitrogen and oxygen atoms in total. The highest BCUT2D eigenvalue weighted by Crippen LogP contribution is 2.46. The Morgan fingerprint density at radius 2 is 1.26 bits per heavy atom. The molecule has 0 saturated heterocycles. The van der Waals surface area contributed by atoms with E-state index in [0.717, 1.165) is 6.07 Å². The molecule has 0 aliphatic rings. The van der Waals surface area contributed by atoms with Crippen molar-refractivity contribution in [2.24, 2.45) is 0 Å². The van der Waals surface area contributed by atoms with Gasteiger partial charge in [-0.05, 0) is 19.1 Å². The molecule has 0 amide bonds. The molecule has 0 aromatic heterocycles. The first kappa shape index (κ1) is 19.2. The van der Waals surface area contributed by atoms with E-state index in [-0.39, 0.29) is 6.61 Å². The van der Waals surface area contributed by atoms with Crippen molar-refractivity contribution < 1.29 is 49.0 Å². The van der Waals surface area contributed by atoms with Crippen molar-refractivity contribution in [2.45, 2.75) is 24.9 Å². The molecule has 132 valence electrons. The maximum atomic E-state index is 13.5. The molecule has 0 radical (unpaired) electrons. The van der Waals surface area contributed by atoms with E-state index in [9.17, 15) is 39.5 Å². The lowest BCUT2D eigenvalue weighted by atomic mass is 10.2. The summed E-state index contributed by atoms with van der Waals surface area (Å²) in [5.41, 5.74) is 0. The van der Waals surface area contributed by atoms with Gasteiger partial charge in [0.25, 0.3) is 0 Å². The first-order chi connectivity index (χ1) is 10.3. The Bertz CT molecular complexity index is 554. The molecule has 0 fully saturated rings. The summed E-state index contributed by atoms with van der Waals surface area (Å²) in [6, 6.07) is 1.31. The number of ether oxygens (including phenoxy) is 2. The van der Waals surface area contributed by atoms with Gasteiger partial charge in [0, 0.05) is 0 Å². The van der Waals surface area contributed by atoms with Gasteiger partial charge in [0.1, 0.15) is 0 Å². The second-order valence-corrected chi connectivity index (χ2v) is 4.19. The van der Waals surface area contributed by atoms with Gasteiger partial charge in [0.2, 0.25) is 11.6 Å². The SMILES string of the molecule is CCOc1ccc(OCC(F)(F)C(F)(F)C(F)(F)F)c(F)c1F. The zero-order valence-corrected chi connectivity index (χ0v) is 11.3. The predicted octanol–water partition coefficient (Wildman–Crippen LogP) is 4.58. The topological polar surface area (TPSA) is 18.5 Å². The van der Waals surface area contributed by atoms with E-state index in [1.807, 2.05) is 0 Å². The quantitative estimate of drug-likeness (QED) is 0.695. The average Bonchev–Trinajstić information content (AvgIpc) is 2.42. The Balaban J connectivity index is 2.96. The monoisotopic (exact) mass is 356 g/mol. The Labute approximate surface area is 123 Å². The summed E-state index contributed by atoms with van der Waals surface area (Å²) in [5, 5.41) is 0. The van der Waals surface area contributed by atoms with Gasteiger partial charge in [-0.25, -0.2) is 0 Å². The summed E-state index contributed by atoms with van der Waals surface area (Å²) in [6.07, 6.45) is -6.54. The van der Waals surface area contributed by atoms with Gasteiger partial charge >= 0.3 is 18.0 Å². The van der Waals surface area contributed by atoms with Crippen LogP contribution in [0.1, 0.15) is 6.92 Å². The van der Waals surface area contributed by atoms with Crippen LogP contribution in [0.15, 0.2) is 12.1 Å². The molecule has 0 bridgehead atoms. The third kappa shape index (κ3) is 3.75. The van der Waals surface area contributed by atoms with Gasteiger partial charge in [-0.1, -0.05) is 0 Å². The maximum Gasteiger partial charge on any atom is 0.460 e. The van der Waals surface area contributed by atoms with Crippen molar-refractivity contribution in [3.63, 3.8) is 0 Å². The molecule has 23 heavy (non-hydrogen) atoms. The molecule has 0 heterocycles. The highest BCUT2D eigenvalue weighted by atomic mass is 19.4. The van der Waals surface area contributed by atoms with Gasteiger partial charge in [0.15, 0.2) is 18.1 Å². The third-order valence-corrected chi connectivity index (χ3v) is 2.54. The zero-order valence-electron chi connectivity index (χ0n) is 11.3. The Hall–Kier alpha value is -1.81. The smallest absolute Gasteiger partial charge is 0.460 e. The van der Waals surface area contributed by atoms with Crippen molar-refractivity contribution in [2.75, 3.05) is 13.2 Å². The molecule has 0 spiro atoms. The molecule has 1 aromatic rings. The minimum absolute atomic E-state index is 0.0631. The molecule has 0 N–H and O–H groups in total. The van der Waals surface area contributed by atoms with Crippen LogP contribution < -0.4 is 9.47 Å². The number of hydrogen-bond acceptors (Lipinski definition) is 2. The highest BCUT2D eigenvalue weighted by molar-refractivity contribution is 5.35. The van der Waals surface area contributed by atoms with Gasteiger partial charge in [0.05, 0.1) is 6.61 Å². The lowest BCUT2D eigenvalue weighted by Gasteiger charge is -2.28. The summed E-state index contributed by atoms with van der Waals surface area (Å²) in [7, 11) is 0. The van der Waals surface area contributed by atoms with Gasteiger partial charge in [-0.15, -0.1) is 0 Å². The molecule has 1 aromatic carbocycles. The molecular weight excluding hydrogens is 347 g/mol. The number of halogens is 9. The van der Waals surface area contributed by atoms with Crippen LogP contribution in [-0.4, -0.2) is 31.2 Å². The number of benzene rings is 1. The maximum absolute atomic E-state index is 13.5. The molecule has 11 heteroatoms. The van der Waals surface area contributed by atoms with E-state index in [4.69, 9.17) is 0 Å². The van der Waals surface area contributed by atoms with Crippen LogP contribution >= 0.6 is 0 Å². The minimum atomic E-state index is -6.54. The number of rotatable bonds is 6. The van der Waals surface area contributed by atoms with E-state index in [1.54, 1.807) is 0 Å². The first-order valence-corrected chi connectivity index (χ1v) is 5.91. The molecular formula is C12H9F9O2. The van der Waals surface area contributed by atoms with Crippen LogP contribution in [0.4, 0.5) is 39.5 Å². The molecule has 0 saturated carbocycles. The van der Waals surface area contributed by atoms with Crippen molar-refractivity contribution >= 4 is 0 Å². The fraction of sp³-hybridized carbons (Fsp3) is 0.500. The fourth-order valence-electron chi connectivity index (χ4n) is 1.36. The summed E-state index contributed by atoms with van der Waals surface area (Å²) in [4.78, 5) is 0. The van der Waals surface area contributed by atoms with Crippen LogP contribution in [0.5, 0.6) is 11.5 Å². The number of alkyl halides is 7. The summed E-state index contributed by atoms with van der Waals surface area (Å²) >= 11 is 0. The Morgan fingerprint density at radius 3 is 1.65 bits per heavy atom. The Morgan fingerprint density at radius 1 is 0.826 bits per heavy atom. The highest BCUT2D eigenvalue weighted by Gasteiger charge is 2.73. The first-order valence-electron chi connectivity index (χ1n) is 5.91. The second kappa shape index (κ2) is 6.36. The van der Waals surface area contributed by atoms with Crippen LogP contribution in [0.2, 0.25) is 0 Å².